The van der Waals surface area contributed by atoms with Crippen molar-refractivity contribution in [2.75, 3.05) is 31.2 Å². The molecule has 0 aliphatic rings. The minimum atomic E-state index is -0.265. The molecule has 0 aliphatic heterocycles. The highest BCUT2D eigenvalue weighted by atomic mass is 16.5. The monoisotopic (exact) mass is 287 g/mol. The minimum absolute atomic E-state index is 0.265. The van der Waals surface area contributed by atoms with Crippen molar-refractivity contribution in [3.63, 3.8) is 0 Å². The van der Waals surface area contributed by atoms with E-state index in [0.717, 1.165) is 5.75 Å². The van der Waals surface area contributed by atoms with Crippen LogP contribution < -0.4 is 21.1 Å². The second-order valence-electron chi connectivity index (χ2n) is 4.23. The van der Waals surface area contributed by atoms with E-state index in [-0.39, 0.29) is 11.6 Å². The molecule has 1 aromatic heterocycles. The maximum Gasteiger partial charge on any atom is 0.271 e. The molecule has 7 heteroatoms. The first-order valence-corrected chi connectivity index (χ1v) is 6.47. The molecule has 4 N–H and O–H groups in total. The maximum absolute atomic E-state index is 11.3. The van der Waals surface area contributed by atoms with Crippen LogP contribution in [-0.2, 0) is 0 Å². The Morgan fingerprint density at radius 3 is 2.81 bits per heavy atom. The van der Waals surface area contributed by atoms with Gasteiger partial charge in [0.2, 0.25) is 0 Å². The maximum atomic E-state index is 11.3. The molecular formula is C14H17N5O2. The lowest BCUT2D eigenvalue weighted by molar-refractivity contribution is 0.0957. The van der Waals surface area contributed by atoms with Gasteiger partial charge in [-0.25, -0.2) is 0 Å². The SMILES string of the molecule is CNC(=O)c1ccc(NCCOc2cccc(N)c2)nn1. The minimum Gasteiger partial charge on any atom is -0.492 e. The summed E-state index contributed by atoms with van der Waals surface area (Å²) < 4.78 is 5.53. The van der Waals surface area contributed by atoms with Crippen LogP contribution in [0.4, 0.5) is 11.5 Å². The summed E-state index contributed by atoms with van der Waals surface area (Å²) >= 11 is 0. The highest BCUT2D eigenvalue weighted by Crippen LogP contribution is 2.14. The van der Waals surface area contributed by atoms with Gasteiger partial charge in [0.25, 0.3) is 5.91 Å². The number of ether oxygens (including phenoxy) is 1. The standard InChI is InChI=1S/C14H17N5O2/c1-16-14(20)12-5-6-13(19-18-12)17-7-8-21-11-4-2-3-10(15)9-11/h2-6,9H,7-8,15H2,1H3,(H,16,20)(H,17,19). The van der Waals surface area contributed by atoms with Crippen molar-refractivity contribution in [1.29, 1.82) is 0 Å². The lowest BCUT2D eigenvalue weighted by atomic mass is 10.3. The Hall–Kier alpha value is -2.83. The van der Waals surface area contributed by atoms with E-state index < -0.39 is 0 Å². The number of carbonyl (C=O) groups is 1. The van der Waals surface area contributed by atoms with Crippen molar-refractivity contribution in [3.05, 3.63) is 42.1 Å². The van der Waals surface area contributed by atoms with Crippen molar-refractivity contribution in [2.45, 2.75) is 0 Å². The molecule has 0 unspecified atom stereocenters. The lowest BCUT2D eigenvalue weighted by Crippen LogP contribution is -2.20. The van der Waals surface area contributed by atoms with Crippen LogP contribution >= 0.6 is 0 Å². The number of aromatic nitrogens is 2. The quantitative estimate of drug-likeness (QED) is 0.539. The number of hydrogen-bond donors (Lipinski definition) is 3. The zero-order valence-electron chi connectivity index (χ0n) is 11.7. The fourth-order valence-corrected chi connectivity index (χ4v) is 1.63. The average molecular weight is 287 g/mol. The zero-order valence-corrected chi connectivity index (χ0v) is 11.7. The van der Waals surface area contributed by atoms with E-state index in [9.17, 15) is 4.79 Å². The Morgan fingerprint density at radius 1 is 1.29 bits per heavy atom. The summed E-state index contributed by atoms with van der Waals surface area (Å²) in [5.74, 6) is 1.04. The number of nitrogens with two attached hydrogens (primary N) is 1. The number of hydrogen-bond acceptors (Lipinski definition) is 6. The summed E-state index contributed by atoms with van der Waals surface area (Å²) in [4.78, 5) is 11.3. The highest BCUT2D eigenvalue weighted by Gasteiger charge is 2.05. The number of carbonyl (C=O) groups excluding carboxylic acids is 1. The number of rotatable bonds is 6. The molecule has 2 rings (SSSR count). The van der Waals surface area contributed by atoms with E-state index in [0.29, 0.717) is 24.7 Å². The number of nitrogens with one attached hydrogen (secondary N) is 2. The third-order valence-electron chi connectivity index (χ3n) is 2.66. The Labute approximate surface area is 122 Å². The van der Waals surface area contributed by atoms with Crippen molar-refractivity contribution < 1.29 is 9.53 Å². The number of anilines is 2. The Bertz CT molecular complexity index is 601. The number of nitrogen functional groups attached to an aromatic ring is 1. The van der Waals surface area contributed by atoms with Crippen LogP contribution in [0.3, 0.4) is 0 Å². The van der Waals surface area contributed by atoms with Gasteiger partial charge in [0.1, 0.15) is 18.2 Å². The van der Waals surface area contributed by atoms with Crippen molar-refractivity contribution in [3.8, 4) is 5.75 Å². The van der Waals surface area contributed by atoms with E-state index in [1.54, 1.807) is 31.3 Å². The normalized spacial score (nSPS) is 9.95. The molecule has 1 heterocycles. The fraction of sp³-hybridized carbons (Fsp3) is 0.214. The first-order chi connectivity index (χ1) is 10.2. The van der Waals surface area contributed by atoms with Crippen LogP contribution in [0.1, 0.15) is 10.5 Å². The van der Waals surface area contributed by atoms with E-state index in [2.05, 4.69) is 20.8 Å². The van der Waals surface area contributed by atoms with Crippen LogP contribution in [0.25, 0.3) is 0 Å². The predicted molar refractivity (Wildman–Crippen MR) is 80.3 cm³/mol. The third kappa shape index (κ3) is 4.34. The molecule has 0 saturated carbocycles. The van der Waals surface area contributed by atoms with Gasteiger partial charge in [-0.2, -0.15) is 0 Å². The van der Waals surface area contributed by atoms with Crippen LogP contribution in [0.2, 0.25) is 0 Å². The van der Waals surface area contributed by atoms with Gasteiger partial charge >= 0.3 is 0 Å². The van der Waals surface area contributed by atoms with Gasteiger partial charge in [0.05, 0.1) is 6.54 Å². The smallest absolute Gasteiger partial charge is 0.271 e. The topological polar surface area (TPSA) is 102 Å². The van der Waals surface area contributed by atoms with Crippen molar-refractivity contribution in [2.24, 2.45) is 0 Å². The first-order valence-electron chi connectivity index (χ1n) is 6.47. The van der Waals surface area contributed by atoms with Gasteiger partial charge in [-0.05, 0) is 24.3 Å². The summed E-state index contributed by atoms with van der Waals surface area (Å²) in [5.41, 5.74) is 6.60. The lowest BCUT2D eigenvalue weighted by Gasteiger charge is -2.08. The molecule has 7 nitrogen and oxygen atoms in total. The summed E-state index contributed by atoms with van der Waals surface area (Å²) in [7, 11) is 1.55. The van der Waals surface area contributed by atoms with Gasteiger partial charge in [-0.1, -0.05) is 6.07 Å². The second kappa shape index (κ2) is 7.09. The Morgan fingerprint density at radius 2 is 2.14 bits per heavy atom. The summed E-state index contributed by atoms with van der Waals surface area (Å²) in [6, 6.07) is 10.5. The van der Waals surface area contributed by atoms with E-state index >= 15 is 0 Å². The molecule has 0 spiro atoms. The molecule has 0 radical (unpaired) electrons. The molecule has 21 heavy (non-hydrogen) atoms. The molecule has 0 bridgehead atoms. The van der Waals surface area contributed by atoms with Crippen LogP contribution in [0, 0.1) is 0 Å². The Kier molecular flexibility index (Phi) is 4.92. The number of nitrogens with zero attached hydrogens (tertiary/aromatic N) is 2. The van der Waals surface area contributed by atoms with E-state index in [1.165, 1.54) is 0 Å². The molecule has 0 saturated heterocycles. The molecule has 2 aromatic rings. The summed E-state index contributed by atoms with van der Waals surface area (Å²) in [6.45, 7) is 1.02. The molecule has 0 atom stereocenters. The van der Waals surface area contributed by atoms with Crippen LogP contribution in [-0.4, -0.2) is 36.3 Å². The van der Waals surface area contributed by atoms with Gasteiger partial charge < -0.3 is 21.1 Å². The van der Waals surface area contributed by atoms with Crippen LogP contribution in [0.5, 0.6) is 5.75 Å². The number of benzene rings is 1. The van der Waals surface area contributed by atoms with E-state index in [1.807, 2.05) is 12.1 Å². The molecule has 0 aliphatic carbocycles. The zero-order chi connectivity index (χ0) is 15.1. The largest absolute Gasteiger partial charge is 0.492 e. The second-order valence-corrected chi connectivity index (χ2v) is 4.23. The van der Waals surface area contributed by atoms with Crippen molar-refractivity contribution >= 4 is 17.4 Å². The first kappa shape index (κ1) is 14.6. The highest BCUT2D eigenvalue weighted by molar-refractivity contribution is 5.91. The van der Waals surface area contributed by atoms with Gasteiger partial charge in [-0.3, -0.25) is 4.79 Å². The fourth-order valence-electron chi connectivity index (χ4n) is 1.63. The summed E-state index contributed by atoms with van der Waals surface area (Å²) in [6.07, 6.45) is 0. The van der Waals surface area contributed by atoms with Gasteiger partial charge in [0.15, 0.2) is 5.69 Å². The number of amides is 1. The predicted octanol–water partition coefficient (Wildman–Crippen LogP) is 0.909. The molecular weight excluding hydrogens is 270 g/mol. The summed E-state index contributed by atoms with van der Waals surface area (Å²) in [5, 5.41) is 13.3. The molecule has 1 aromatic carbocycles. The Balaban J connectivity index is 1.77. The molecule has 110 valence electrons. The van der Waals surface area contributed by atoms with Crippen LogP contribution in [0.15, 0.2) is 36.4 Å². The average Bonchev–Trinajstić information content (AvgIpc) is 2.51. The molecule has 1 amide bonds. The van der Waals surface area contributed by atoms with Gasteiger partial charge in [0, 0.05) is 18.8 Å². The van der Waals surface area contributed by atoms with E-state index in [4.69, 9.17) is 10.5 Å². The third-order valence-corrected chi connectivity index (χ3v) is 2.66. The molecule has 0 fully saturated rings. The van der Waals surface area contributed by atoms with Crippen molar-refractivity contribution in [1.82, 2.24) is 15.5 Å². The van der Waals surface area contributed by atoms with Gasteiger partial charge in [-0.15, -0.1) is 10.2 Å².